The van der Waals surface area contributed by atoms with Gasteiger partial charge in [-0.2, -0.15) is 0 Å². The fraction of sp³-hybridized carbons (Fsp3) is 0.700. The third-order valence-corrected chi connectivity index (χ3v) is 3.17. The maximum Gasteiger partial charge on any atom is 0.307 e. The smallest absolute Gasteiger partial charge is 0.307 e. The van der Waals surface area contributed by atoms with Crippen LogP contribution in [0.3, 0.4) is 0 Å². The quantitative estimate of drug-likeness (QED) is 0.657. The second kappa shape index (κ2) is 3.30. The van der Waals surface area contributed by atoms with Gasteiger partial charge in [0.15, 0.2) is 0 Å². The zero-order valence-electron chi connectivity index (χ0n) is 7.55. The van der Waals surface area contributed by atoms with E-state index in [4.69, 9.17) is 5.11 Å². The van der Waals surface area contributed by atoms with E-state index in [-0.39, 0.29) is 11.3 Å². The Balaban J connectivity index is 2.78. The van der Waals surface area contributed by atoms with Crippen LogP contribution in [0.1, 0.15) is 32.6 Å². The van der Waals surface area contributed by atoms with Crippen LogP contribution < -0.4 is 0 Å². The van der Waals surface area contributed by atoms with Gasteiger partial charge in [0, 0.05) is 5.41 Å². The lowest BCUT2D eigenvalue weighted by molar-refractivity contribution is -0.144. The van der Waals surface area contributed by atoms with Crippen molar-refractivity contribution < 1.29 is 9.90 Å². The summed E-state index contributed by atoms with van der Waals surface area (Å²) < 4.78 is 0. The van der Waals surface area contributed by atoms with E-state index in [1.165, 1.54) is 0 Å². The molecule has 1 atom stereocenters. The van der Waals surface area contributed by atoms with Crippen LogP contribution in [0.4, 0.5) is 0 Å². The van der Waals surface area contributed by atoms with Crippen LogP contribution in [0.2, 0.25) is 0 Å². The lowest BCUT2D eigenvalue weighted by atomic mass is 9.75. The van der Waals surface area contributed by atoms with Crippen molar-refractivity contribution in [2.24, 2.45) is 11.3 Å². The molecular weight excluding hydrogens is 152 g/mol. The van der Waals surface area contributed by atoms with E-state index in [1.807, 2.05) is 6.08 Å². The second-order valence-electron chi connectivity index (χ2n) is 3.70. The lowest BCUT2D eigenvalue weighted by Gasteiger charge is -2.28. The standard InChI is InChI=1S/C10H16O2/c1-3-10(6-4-5-7-10)8(2)9(11)12/h3,8H,1,4-7H2,2H3,(H,11,12). The summed E-state index contributed by atoms with van der Waals surface area (Å²) >= 11 is 0. The fourth-order valence-electron chi connectivity index (χ4n) is 2.09. The van der Waals surface area contributed by atoms with Crippen LogP contribution >= 0.6 is 0 Å². The summed E-state index contributed by atoms with van der Waals surface area (Å²) in [7, 11) is 0. The van der Waals surface area contributed by atoms with Gasteiger partial charge < -0.3 is 5.11 Å². The molecular formula is C10H16O2. The lowest BCUT2D eigenvalue weighted by Crippen LogP contribution is -2.29. The first-order valence-corrected chi connectivity index (χ1v) is 4.49. The molecule has 68 valence electrons. The van der Waals surface area contributed by atoms with Gasteiger partial charge in [0.05, 0.1) is 5.92 Å². The molecule has 1 rings (SSSR count). The summed E-state index contributed by atoms with van der Waals surface area (Å²) in [6, 6.07) is 0. The number of rotatable bonds is 3. The molecule has 0 heterocycles. The molecule has 0 radical (unpaired) electrons. The van der Waals surface area contributed by atoms with E-state index in [0.29, 0.717) is 0 Å². The molecule has 2 nitrogen and oxygen atoms in total. The Kier molecular flexibility index (Phi) is 2.55. The predicted octanol–water partition coefficient (Wildman–Crippen LogP) is 2.45. The molecule has 0 saturated heterocycles. The van der Waals surface area contributed by atoms with Gasteiger partial charge in [0.2, 0.25) is 0 Å². The first kappa shape index (κ1) is 9.30. The van der Waals surface area contributed by atoms with Crippen molar-refractivity contribution in [1.29, 1.82) is 0 Å². The fourth-order valence-corrected chi connectivity index (χ4v) is 2.09. The van der Waals surface area contributed by atoms with E-state index in [9.17, 15) is 4.79 Å². The van der Waals surface area contributed by atoms with Crippen LogP contribution in [0, 0.1) is 11.3 Å². The number of allylic oxidation sites excluding steroid dienone is 1. The van der Waals surface area contributed by atoms with Gasteiger partial charge in [-0.05, 0) is 12.8 Å². The molecule has 0 spiro atoms. The van der Waals surface area contributed by atoms with Crippen molar-refractivity contribution in [3.63, 3.8) is 0 Å². The number of carbonyl (C=O) groups is 1. The summed E-state index contributed by atoms with van der Waals surface area (Å²) in [5.41, 5.74) is -0.119. The van der Waals surface area contributed by atoms with Gasteiger partial charge in [-0.15, -0.1) is 6.58 Å². The third kappa shape index (κ3) is 1.38. The summed E-state index contributed by atoms with van der Waals surface area (Å²) in [5, 5.41) is 8.89. The van der Waals surface area contributed by atoms with Gasteiger partial charge in [-0.3, -0.25) is 4.79 Å². The number of hydrogen-bond acceptors (Lipinski definition) is 1. The third-order valence-electron chi connectivity index (χ3n) is 3.17. The van der Waals surface area contributed by atoms with Gasteiger partial charge in [0.25, 0.3) is 0 Å². The summed E-state index contributed by atoms with van der Waals surface area (Å²) in [4.78, 5) is 10.8. The average molecular weight is 168 g/mol. The summed E-state index contributed by atoms with van der Waals surface area (Å²) in [6.07, 6.45) is 6.11. The Morgan fingerprint density at radius 2 is 2.08 bits per heavy atom. The minimum absolute atomic E-state index is 0.119. The van der Waals surface area contributed by atoms with Crippen molar-refractivity contribution in [3.8, 4) is 0 Å². The molecule has 1 fully saturated rings. The van der Waals surface area contributed by atoms with Crippen molar-refractivity contribution in [2.75, 3.05) is 0 Å². The molecule has 0 amide bonds. The number of carboxylic acids is 1. The maximum atomic E-state index is 10.8. The van der Waals surface area contributed by atoms with Gasteiger partial charge >= 0.3 is 5.97 Å². The molecule has 12 heavy (non-hydrogen) atoms. The first-order valence-electron chi connectivity index (χ1n) is 4.49. The first-order chi connectivity index (χ1) is 5.62. The van der Waals surface area contributed by atoms with Crippen LogP contribution in [-0.4, -0.2) is 11.1 Å². The van der Waals surface area contributed by atoms with Gasteiger partial charge in [0.1, 0.15) is 0 Å². The van der Waals surface area contributed by atoms with Crippen LogP contribution in [0.5, 0.6) is 0 Å². The Morgan fingerprint density at radius 1 is 1.58 bits per heavy atom. The molecule has 2 heteroatoms. The van der Waals surface area contributed by atoms with Crippen LogP contribution in [0.15, 0.2) is 12.7 Å². The van der Waals surface area contributed by atoms with E-state index in [1.54, 1.807) is 6.92 Å². The molecule has 0 aromatic heterocycles. The number of hydrogen-bond donors (Lipinski definition) is 1. The topological polar surface area (TPSA) is 37.3 Å². The number of carboxylic acid groups (broad SMARTS) is 1. The molecule has 1 saturated carbocycles. The monoisotopic (exact) mass is 168 g/mol. The van der Waals surface area contributed by atoms with Crippen molar-refractivity contribution >= 4 is 5.97 Å². The molecule has 0 aliphatic heterocycles. The average Bonchev–Trinajstić information content (AvgIpc) is 2.52. The summed E-state index contributed by atoms with van der Waals surface area (Å²) in [6.45, 7) is 5.54. The SMILES string of the molecule is C=CC1(C(C)C(=O)O)CCCC1. The Bertz CT molecular complexity index is 190. The van der Waals surface area contributed by atoms with E-state index in [2.05, 4.69) is 6.58 Å². The molecule has 1 unspecified atom stereocenters. The predicted molar refractivity (Wildman–Crippen MR) is 47.9 cm³/mol. The van der Waals surface area contributed by atoms with Gasteiger partial charge in [-0.25, -0.2) is 0 Å². The van der Waals surface area contributed by atoms with Crippen LogP contribution in [-0.2, 0) is 4.79 Å². The van der Waals surface area contributed by atoms with E-state index < -0.39 is 5.97 Å². The zero-order valence-corrected chi connectivity index (χ0v) is 7.55. The minimum atomic E-state index is -0.697. The Hall–Kier alpha value is -0.790. The maximum absolute atomic E-state index is 10.8. The van der Waals surface area contributed by atoms with Crippen molar-refractivity contribution in [1.82, 2.24) is 0 Å². The van der Waals surface area contributed by atoms with Crippen LogP contribution in [0.25, 0.3) is 0 Å². The molecule has 1 aliphatic carbocycles. The zero-order chi connectivity index (χ0) is 9.19. The molecule has 1 N–H and O–H groups in total. The Morgan fingerprint density at radius 3 is 2.42 bits per heavy atom. The molecule has 0 aromatic rings. The second-order valence-corrected chi connectivity index (χ2v) is 3.70. The van der Waals surface area contributed by atoms with Gasteiger partial charge in [-0.1, -0.05) is 25.8 Å². The Labute approximate surface area is 73.3 Å². The van der Waals surface area contributed by atoms with Crippen molar-refractivity contribution in [3.05, 3.63) is 12.7 Å². The molecule has 0 aromatic carbocycles. The number of aliphatic carboxylic acids is 1. The highest BCUT2D eigenvalue weighted by molar-refractivity contribution is 5.71. The molecule has 0 bridgehead atoms. The highest BCUT2D eigenvalue weighted by Gasteiger charge is 2.39. The summed E-state index contributed by atoms with van der Waals surface area (Å²) in [5.74, 6) is -0.978. The highest BCUT2D eigenvalue weighted by Crippen LogP contribution is 2.45. The highest BCUT2D eigenvalue weighted by atomic mass is 16.4. The van der Waals surface area contributed by atoms with E-state index in [0.717, 1.165) is 25.7 Å². The van der Waals surface area contributed by atoms with Crippen molar-refractivity contribution in [2.45, 2.75) is 32.6 Å². The minimum Gasteiger partial charge on any atom is -0.481 e. The normalized spacial score (nSPS) is 23.4. The molecule has 1 aliphatic rings. The van der Waals surface area contributed by atoms with E-state index >= 15 is 0 Å². The largest absolute Gasteiger partial charge is 0.481 e.